The lowest BCUT2D eigenvalue weighted by atomic mass is 9.90. The molecule has 1 aromatic carbocycles. The fourth-order valence-corrected chi connectivity index (χ4v) is 2.75. The van der Waals surface area contributed by atoms with Crippen LogP contribution in [0.15, 0.2) is 40.2 Å². The van der Waals surface area contributed by atoms with Crippen LogP contribution in [0.5, 0.6) is 0 Å². The van der Waals surface area contributed by atoms with E-state index in [1.807, 2.05) is 52.0 Å². The number of nitrogens with zero attached hydrogens (tertiary/aromatic N) is 1. The summed E-state index contributed by atoms with van der Waals surface area (Å²) in [7, 11) is 0. The molecule has 0 amide bonds. The van der Waals surface area contributed by atoms with Gasteiger partial charge in [-0.1, -0.05) is 45.0 Å². The highest BCUT2D eigenvalue weighted by atomic mass is 16.1. The van der Waals surface area contributed by atoms with Crippen LogP contribution in [0.1, 0.15) is 43.3 Å². The van der Waals surface area contributed by atoms with E-state index in [2.05, 4.69) is 19.9 Å². The van der Waals surface area contributed by atoms with Crippen LogP contribution in [-0.4, -0.2) is 19.9 Å². The number of H-pyrrole nitrogens is 3. The highest BCUT2D eigenvalue weighted by molar-refractivity contribution is 5.52. The second kappa shape index (κ2) is 6.63. The summed E-state index contributed by atoms with van der Waals surface area (Å²) in [6.45, 7) is 8.09. The number of rotatable bonds is 2. The lowest BCUT2D eigenvalue weighted by Gasteiger charge is -2.16. The molecule has 6 heteroatoms. The van der Waals surface area contributed by atoms with Crippen molar-refractivity contribution in [3.8, 4) is 0 Å². The van der Waals surface area contributed by atoms with E-state index in [4.69, 9.17) is 0 Å². The van der Waals surface area contributed by atoms with Gasteiger partial charge in [0.1, 0.15) is 10.7 Å². The quantitative estimate of drug-likeness (QED) is 0.645. The van der Waals surface area contributed by atoms with Crippen LogP contribution in [-0.2, 0) is 5.41 Å². The van der Waals surface area contributed by atoms with Crippen molar-refractivity contribution in [2.24, 2.45) is 0 Å². The van der Waals surface area contributed by atoms with Gasteiger partial charge < -0.3 is 15.0 Å². The van der Waals surface area contributed by atoms with Crippen molar-refractivity contribution in [3.05, 3.63) is 84.5 Å². The number of aryl methyl sites for hydroxylation is 1. The summed E-state index contributed by atoms with van der Waals surface area (Å²) in [5.41, 5.74) is 2.55. The zero-order valence-electron chi connectivity index (χ0n) is 15.3. The second-order valence-corrected chi connectivity index (χ2v) is 7.29. The minimum atomic E-state index is -0.368. The van der Waals surface area contributed by atoms with E-state index in [1.54, 1.807) is 18.5 Å². The Balaban J connectivity index is 2.16. The molecular weight excluding hydrogens is 328 g/mol. The van der Waals surface area contributed by atoms with E-state index in [9.17, 15) is 9.59 Å². The minimum Gasteiger partial charge on any atom is -0.348 e. The summed E-state index contributed by atoms with van der Waals surface area (Å²) in [5, 5.41) is 0.397. The SMILES string of the molecule is Cc1ccccc1/C=c1\[nH]c(=O)/c(=C/c2nc[nH]c2C(C)(C)C)[nH]c1=O. The molecule has 0 saturated heterocycles. The van der Waals surface area contributed by atoms with Crippen molar-refractivity contribution < 1.29 is 0 Å². The first-order valence-corrected chi connectivity index (χ1v) is 8.41. The number of hydrogen-bond acceptors (Lipinski definition) is 3. The first-order chi connectivity index (χ1) is 12.3. The standard InChI is InChI=1S/C20H22N4O2/c1-12-7-5-6-8-13(12)9-15-18(25)24-16(19(26)23-15)10-14-17(20(2,3)4)22-11-21-14/h5-11H,1-4H3,(H,21,22)(H,23,26)(H,24,25)/b15-9-,16-10-. The van der Waals surface area contributed by atoms with Crippen molar-refractivity contribution in [2.45, 2.75) is 33.1 Å². The number of imidazole rings is 1. The molecule has 3 rings (SSSR count). The normalized spacial score (nSPS) is 13.4. The molecule has 0 fully saturated rings. The Morgan fingerprint density at radius 2 is 1.58 bits per heavy atom. The molecule has 0 radical (unpaired) electrons. The summed E-state index contributed by atoms with van der Waals surface area (Å²) in [4.78, 5) is 37.5. The largest absolute Gasteiger partial charge is 0.348 e. The zero-order valence-corrected chi connectivity index (χ0v) is 15.3. The lowest BCUT2D eigenvalue weighted by molar-refractivity contribution is 0.571. The first-order valence-electron chi connectivity index (χ1n) is 8.41. The molecule has 0 unspecified atom stereocenters. The van der Waals surface area contributed by atoms with Crippen molar-refractivity contribution in [3.63, 3.8) is 0 Å². The van der Waals surface area contributed by atoms with E-state index < -0.39 is 0 Å². The van der Waals surface area contributed by atoms with Gasteiger partial charge in [0, 0.05) is 11.1 Å². The molecule has 134 valence electrons. The number of benzene rings is 1. The van der Waals surface area contributed by atoms with Gasteiger partial charge in [0.25, 0.3) is 11.1 Å². The summed E-state index contributed by atoms with van der Waals surface area (Å²) in [6, 6.07) is 7.66. The number of nitrogens with one attached hydrogen (secondary N) is 3. The summed E-state index contributed by atoms with van der Waals surface area (Å²) in [6.07, 6.45) is 4.85. The fourth-order valence-electron chi connectivity index (χ4n) is 2.75. The third kappa shape index (κ3) is 3.59. The van der Waals surface area contributed by atoms with E-state index in [1.165, 1.54) is 0 Å². The maximum Gasteiger partial charge on any atom is 0.272 e. The Labute approximate surface area is 150 Å². The Bertz CT molecular complexity index is 1170. The van der Waals surface area contributed by atoms with Gasteiger partial charge in [-0.2, -0.15) is 0 Å². The predicted molar refractivity (Wildman–Crippen MR) is 103 cm³/mol. The van der Waals surface area contributed by atoms with Gasteiger partial charge in [0.2, 0.25) is 0 Å². The van der Waals surface area contributed by atoms with Gasteiger partial charge in [-0.15, -0.1) is 0 Å². The Morgan fingerprint density at radius 1 is 0.962 bits per heavy atom. The maximum absolute atomic E-state index is 12.4. The fraction of sp³-hybridized carbons (Fsp3) is 0.250. The molecule has 3 aromatic rings. The molecule has 0 saturated carbocycles. The molecule has 6 nitrogen and oxygen atoms in total. The molecule has 0 aliphatic heterocycles. The average Bonchev–Trinajstić information content (AvgIpc) is 3.03. The summed E-state index contributed by atoms with van der Waals surface area (Å²) >= 11 is 0. The van der Waals surface area contributed by atoms with Crippen LogP contribution >= 0.6 is 0 Å². The Kier molecular flexibility index (Phi) is 4.50. The smallest absolute Gasteiger partial charge is 0.272 e. The van der Waals surface area contributed by atoms with Crippen molar-refractivity contribution in [1.82, 2.24) is 19.9 Å². The van der Waals surface area contributed by atoms with Gasteiger partial charge >= 0.3 is 0 Å². The van der Waals surface area contributed by atoms with Gasteiger partial charge in [-0.05, 0) is 30.2 Å². The molecule has 0 aliphatic rings. The second-order valence-electron chi connectivity index (χ2n) is 7.29. The van der Waals surface area contributed by atoms with Crippen LogP contribution in [0.4, 0.5) is 0 Å². The first kappa shape index (κ1) is 17.7. The van der Waals surface area contributed by atoms with Gasteiger partial charge in [-0.3, -0.25) is 9.59 Å². The molecule has 3 N–H and O–H groups in total. The minimum absolute atomic E-state index is 0.159. The summed E-state index contributed by atoms with van der Waals surface area (Å²) < 4.78 is 0. The molecular formula is C20H22N4O2. The van der Waals surface area contributed by atoms with Crippen LogP contribution in [0, 0.1) is 6.92 Å². The average molecular weight is 350 g/mol. The van der Waals surface area contributed by atoms with Crippen molar-refractivity contribution in [2.75, 3.05) is 0 Å². The van der Waals surface area contributed by atoms with Crippen LogP contribution in [0.2, 0.25) is 0 Å². The number of aromatic nitrogens is 4. The molecule has 26 heavy (non-hydrogen) atoms. The van der Waals surface area contributed by atoms with Crippen LogP contribution < -0.4 is 21.8 Å². The van der Waals surface area contributed by atoms with Gasteiger partial charge in [0.15, 0.2) is 0 Å². The lowest BCUT2D eigenvalue weighted by Crippen LogP contribution is -2.46. The maximum atomic E-state index is 12.4. The molecule has 0 bridgehead atoms. The zero-order chi connectivity index (χ0) is 18.9. The van der Waals surface area contributed by atoms with E-state index in [-0.39, 0.29) is 27.2 Å². The Hall–Kier alpha value is -3.15. The van der Waals surface area contributed by atoms with Crippen molar-refractivity contribution in [1.29, 1.82) is 0 Å². The van der Waals surface area contributed by atoms with Crippen LogP contribution in [0.25, 0.3) is 12.2 Å². The highest BCUT2D eigenvalue weighted by Crippen LogP contribution is 2.22. The molecule has 0 aliphatic carbocycles. The predicted octanol–water partition coefficient (Wildman–Crippen LogP) is 1.05. The van der Waals surface area contributed by atoms with E-state index in [0.29, 0.717) is 5.69 Å². The Morgan fingerprint density at radius 3 is 2.19 bits per heavy atom. The topological polar surface area (TPSA) is 94.4 Å². The van der Waals surface area contributed by atoms with Crippen molar-refractivity contribution >= 4 is 12.2 Å². The molecule has 0 atom stereocenters. The van der Waals surface area contributed by atoms with Crippen LogP contribution in [0.3, 0.4) is 0 Å². The molecule has 0 spiro atoms. The third-order valence-electron chi connectivity index (χ3n) is 4.17. The highest BCUT2D eigenvalue weighted by Gasteiger charge is 2.19. The number of hydrogen-bond donors (Lipinski definition) is 3. The monoisotopic (exact) mass is 350 g/mol. The summed E-state index contributed by atoms with van der Waals surface area (Å²) in [5.74, 6) is 0. The van der Waals surface area contributed by atoms with Gasteiger partial charge in [-0.25, -0.2) is 4.98 Å². The van der Waals surface area contributed by atoms with E-state index >= 15 is 0 Å². The van der Waals surface area contributed by atoms with Gasteiger partial charge in [0.05, 0.1) is 12.0 Å². The molecule has 2 heterocycles. The van der Waals surface area contributed by atoms with E-state index in [0.717, 1.165) is 16.8 Å². The number of aromatic amines is 3. The molecule has 2 aromatic heterocycles. The third-order valence-corrected chi connectivity index (χ3v) is 4.17.